The van der Waals surface area contributed by atoms with Crippen molar-refractivity contribution in [3.63, 3.8) is 0 Å². The molecule has 2 aromatic heterocycles. The predicted molar refractivity (Wildman–Crippen MR) is 105 cm³/mol. The van der Waals surface area contributed by atoms with E-state index in [4.69, 9.17) is 5.73 Å². The lowest BCUT2D eigenvalue weighted by Gasteiger charge is -2.13. The minimum atomic E-state index is -2.89. The van der Waals surface area contributed by atoms with Crippen LogP contribution in [0.1, 0.15) is 42.0 Å². The van der Waals surface area contributed by atoms with Crippen molar-refractivity contribution in [2.75, 3.05) is 6.54 Å². The van der Waals surface area contributed by atoms with E-state index in [9.17, 15) is 13.2 Å². The van der Waals surface area contributed by atoms with Gasteiger partial charge in [0.15, 0.2) is 5.49 Å². The van der Waals surface area contributed by atoms with Crippen LogP contribution in [0, 0.1) is 24.6 Å². The fourth-order valence-corrected chi connectivity index (χ4v) is 2.98. The van der Waals surface area contributed by atoms with E-state index in [0.717, 1.165) is 11.6 Å². The Labute approximate surface area is 166 Å². The highest BCUT2D eigenvalue weighted by atomic mass is 19.3. The van der Waals surface area contributed by atoms with E-state index >= 15 is 0 Å². The molecule has 3 rings (SSSR count). The maximum Gasteiger partial charge on any atom is 0.266 e. The lowest BCUT2D eigenvalue weighted by molar-refractivity contribution is 0.146. The highest BCUT2D eigenvalue weighted by Crippen LogP contribution is 2.28. The lowest BCUT2D eigenvalue weighted by Crippen LogP contribution is -2.18. The van der Waals surface area contributed by atoms with Gasteiger partial charge in [0.2, 0.25) is 0 Å². The summed E-state index contributed by atoms with van der Waals surface area (Å²) in [6.45, 7) is 3.65. The van der Waals surface area contributed by atoms with E-state index in [-0.39, 0.29) is 12.1 Å². The summed E-state index contributed by atoms with van der Waals surface area (Å²) in [5.74, 6) is 5.33. The monoisotopic (exact) mass is 399 g/mol. The molecule has 1 aromatic carbocycles. The Bertz CT molecular complexity index is 1190. The van der Waals surface area contributed by atoms with Crippen LogP contribution in [-0.2, 0) is 7.05 Å². The average Bonchev–Trinajstić information content (AvgIpc) is 2.70. The normalized spacial score (nSPS) is 12.9. The number of hydrogen-bond acceptors (Lipinski definition) is 4. The Kier molecular flexibility index (Phi) is 5.99. The van der Waals surface area contributed by atoms with Gasteiger partial charge in [0.25, 0.3) is 6.43 Å². The van der Waals surface area contributed by atoms with Crippen molar-refractivity contribution < 1.29 is 13.2 Å². The molecule has 1 atom stereocenters. The molecular weight excluding hydrogens is 379 g/mol. The summed E-state index contributed by atoms with van der Waals surface area (Å²) >= 11 is 0. The molecule has 0 bridgehead atoms. The van der Waals surface area contributed by atoms with E-state index in [1.807, 2.05) is 18.5 Å². The van der Waals surface area contributed by atoms with Crippen LogP contribution in [0.3, 0.4) is 0 Å². The number of aromatic nitrogens is 3. The first-order chi connectivity index (χ1) is 13.8. The number of hydrogen-bond donors (Lipinski definition) is 1. The molecule has 0 aliphatic rings. The number of benzene rings is 1. The Morgan fingerprint density at radius 2 is 2.00 bits per heavy atom. The molecule has 0 spiro atoms. The zero-order chi connectivity index (χ0) is 21.1. The van der Waals surface area contributed by atoms with Crippen LogP contribution in [-0.4, -0.2) is 21.1 Å². The number of pyridine rings is 1. The third kappa shape index (κ3) is 4.15. The SMILES string of the molecule is Cc1n/c(=N\C(C)c2cccc(C(F)F)c2F)c2cc(C#CCN)ncc2n1C. The van der Waals surface area contributed by atoms with Gasteiger partial charge < -0.3 is 10.3 Å². The number of aryl methyl sites for hydroxylation is 2. The fourth-order valence-electron chi connectivity index (χ4n) is 2.98. The average molecular weight is 399 g/mol. The second-order valence-electron chi connectivity index (χ2n) is 6.49. The van der Waals surface area contributed by atoms with Crippen LogP contribution in [0.25, 0.3) is 10.9 Å². The molecule has 29 heavy (non-hydrogen) atoms. The molecule has 0 aliphatic heterocycles. The van der Waals surface area contributed by atoms with E-state index < -0.39 is 23.8 Å². The zero-order valence-corrected chi connectivity index (χ0v) is 16.2. The van der Waals surface area contributed by atoms with Crippen LogP contribution >= 0.6 is 0 Å². The molecule has 150 valence electrons. The second-order valence-corrected chi connectivity index (χ2v) is 6.49. The Hall–Kier alpha value is -3.18. The van der Waals surface area contributed by atoms with Crippen LogP contribution in [0.4, 0.5) is 13.2 Å². The van der Waals surface area contributed by atoms with Crippen LogP contribution in [0.2, 0.25) is 0 Å². The van der Waals surface area contributed by atoms with Crippen molar-refractivity contribution >= 4 is 10.9 Å². The van der Waals surface area contributed by atoms with E-state index in [2.05, 4.69) is 26.8 Å². The van der Waals surface area contributed by atoms with Crippen molar-refractivity contribution in [1.82, 2.24) is 14.5 Å². The Balaban J connectivity index is 2.21. The number of alkyl halides is 2. The minimum absolute atomic E-state index is 0.0841. The standard InChI is InChI=1S/C21H20F3N5/c1-12(15-7-4-8-16(19(15)22)20(23)24)27-21-17-10-14(6-5-9-25)26-11-18(17)29(3)13(2)28-21/h4,7-8,10-12,20H,9,25H2,1-3H3/b27-21-. The summed E-state index contributed by atoms with van der Waals surface area (Å²) < 4.78 is 42.5. The van der Waals surface area contributed by atoms with Crippen molar-refractivity contribution in [3.05, 3.63) is 64.4 Å². The quantitative estimate of drug-likeness (QED) is 0.687. The molecule has 0 aliphatic carbocycles. The largest absolute Gasteiger partial charge is 0.331 e. The van der Waals surface area contributed by atoms with Crippen molar-refractivity contribution in [2.45, 2.75) is 26.3 Å². The second kappa shape index (κ2) is 8.45. The molecule has 3 aromatic rings. The number of fused-ring (bicyclic) bond motifs is 1. The topological polar surface area (TPSA) is 69.1 Å². The number of nitrogens with zero attached hydrogens (tertiary/aromatic N) is 4. The van der Waals surface area contributed by atoms with Gasteiger partial charge in [-0.05, 0) is 25.8 Å². The van der Waals surface area contributed by atoms with Gasteiger partial charge in [0.05, 0.1) is 29.9 Å². The number of rotatable bonds is 3. The van der Waals surface area contributed by atoms with Crippen LogP contribution in [0.5, 0.6) is 0 Å². The first kappa shape index (κ1) is 20.6. The lowest BCUT2D eigenvalue weighted by atomic mass is 10.0. The fraction of sp³-hybridized carbons (Fsp3) is 0.286. The predicted octanol–water partition coefficient (Wildman–Crippen LogP) is 3.33. The third-order valence-corrected chi connectivity index (χ3v) is 4.62. The van der Waals surface area contributed by atoms with Crippen LogP contribution in [0.15, 0.2) is 35.5 Å². The number of halogens is 3. The number of nitrogens with two attached hydrogens (primary N) is 1. The maximum atomic E-state index is 14.5. The van der Waals surface area contributed by atoms with E-state index in [0.29, 0.717) is 22.4 Å². The smallest absolute Gasteiger partial charge is 0.266 e. The summed E-state index contributed by atoms with van der Waals surface area (Å²) in [5.41, 5.74) is 6.50. The Morgan fingerprint density at radius 1 is 1.28 bits per heavy atom. The summed E-state index contributed by atoms with van der Waals surface area (Å²) in [5, 5.41) is 0.673. The van der Waals surface area contributed by atoms with Gasteiger partial charge in [0, 0.05) is 18.0 Å². The minimum Gasteiger partial charge on any atom is -0.331 e. The molecule has 2 N–H and O–H groups in total. The van der Waals surface area contributed by atoms with E-state index in [1.54, 1.807) is 19.2 Å². The van der Waals surface area contributed by atoms with Crippen LogP contribution < -0.4 is 11.2 Å². The molecule has 0 amide bonds. The van der Waals surface area contributed by atoms with Gasteiger partial charge in [-0.2, -0.15) is 0 Å². The molecule has 5 nitrogen and oxygen atoms in total. The molecule has 0 fully saturated rings. The Morgan fingerprint density at radius 3 is 2.69 bits per heavy atom. The molecule has 0 saturated carbocycles. The van der Waals surface area contributed by atoms with Gasteiger partial charge in [-0.15, -0.1) is 0 Å². The summed E-state index contributed by atoms with van der Waals surface area (Å²) in [4.78, 5) is 13.3. The first-order valence-corrected chi connectivity index (χ1v) is 8.96. The van der Waals surface area contributed by atoms with Crippen molar-refractivity contribution in [3.8, 4) is 11.8 Å². The van der Waals surface area contributed by atoms with E-state index in [1.165, 1.54) is 12.1 Å². The highest BCUT2D eigenvalue weighted by molar-refractivity contribution is 5.78. The first-order valence-electron chi connectivity index (χ1n) is 8.96. The van der Waals surface area contributed by atoms with Crippen molar-refractivity contribution in [1.29, 1.82) is 0 Å². The molecule has 2 heterocycles. The van der Waals surface area contributed by atoms with Gasteiger partial charge in [-0.25, -0.2) is 23.1 Å². The maximum absolute atomic E-state index is 14.5. The van der Waals surface area contributed by atoms with Gasteiger partial charge in [-0.1, -0.05) is 24.1 Å². The summed E-state index contributed by atoms with van der Waals surface area (Å²) in [7, 11) is 1.84. The van der Waals surface area contributed by atoms with Crippen molar-refractivity contribution in [2.24, 2.45) is 17.8 Å². The molecule has 0 saturated heterocycles. The molecule has 0 radical (unpaired) electrons. The zero-order valence-electron chi connectivity index (χ0n) is 16.2. The summed E-state index contributed by atoms with van der Waals surface area (Å²) in [6, 6.07) is 4.95. The molecule has 1 unspecified atom stereocenters. The summed E-state index contributed by atoms with van der Waals surface area (Å²) in [6.07, 6.45) is -1.24. The van der Waals surface area contributed by atoms with Gasteiger partial charge in [-0.3, -0.25) is 4.99 Å². The third-order valence-electron chi connectivity index (χ3n) is 4.62. The van der Waals surface area contributed by atoms with Gasteiger partial charge in [0.1, 0.15) is 17.3 Å². The molecule has 8 heteroatoms. The van der Waals surface area contributed by atoms with Gasteiger partial charge >= 0.3 is 0 Å². The molecular formula is C21H20F3N5. The highest BCUT2D eigenvalue weighted by Gasteiger charge is 2.19.